The van der Waals surface area contributed by atoms with Crippen LogP contribution in [-0.4, -0.2) is 71.5 Å². The zero-order valence-corrected chi connectivity index (χ0v) is 21.4. The van der Waals surface area contributed by atoms with Gasteiger partial charge in [0, 0.05) is 38.3 Å². The molecule has 1 aliphatic rings. The second kappa shape index (κ2) is 12.3. The molecule has 0 saturated carbocycles. The van der Waals surface area contributed by atoms with E-state index in [0.29, 0.717) is 16.6 Å². The lowest BCUT2D eigenvalue weighted by Gasteiger charge is -2.32. The Kier molecular flexibility index (Phi) is 8.87. The fourth-order valence-corrected chi connectivity index (χ4v) is 5.19. The van der Waals surface area contributed by atoms with E-state index in [-0.39, 0.29) is 18.2 Å². The summed E-state index contributed by atoms with van der Waals surface area (Å²) in [7, 11) is 2.15. The number of likely N-dealkylation sites (N-methyl/N-ethyl adjacent to an activating group) is 1. The molecule has 2 amide bonds. The smallest absolute Gasteiger partial charge is 0.270 e. The molecule has 1 aliphatic heterocycles. The monoisotopic (exact) mass is 510 g/mol. The average molecular weight is 511 g/mol. The normalized spacial score (nSPS) is 14.7. The molecule has 4 rings (SSSR count). The fourth-order valence-electron chi connectivity index (χ4n) is 4.28. The minimum Gasteiger partial charge on any atom is -0.392 e. The van der Waals surface area contributed by atoms with Gasteiger partial charge in [0.15, 0.2) is 10.8 Å². The van der Waals surface area contributed by atoms with E-state index in [0.717, 1.165) is 74.0 Å². The molecule has 0 aliphatic carbocycles. The number of piperazine rings is 1. The molecular formula is C26H34N6O3S. The number of nitrogens with zero attached hydrogens (tertiary/aromatic N) is 3. The number of unbranched alkanes of at least 4 members (excludes halogenated alkanes) is 2. The maximum Gasteiger partial charge on any atom is 0.270 e. The van der Waals surface area contributed by atoms with E-state index in [1.165, 1.54) is 11.3 Å². The molecule has 0 unspecified atom stereocenters. The number of hydrogen-bond donors (Lipinski definition) is 4. The summed E-state index contributed by atoms with van der Waals surface area (Å²) in [5, 5.41) is 18.2. The number of aromatic nitrogens is 1. The molecule has 1 fully saturated rings. The molecular weight excluding hydrogens is 476 g/mol. The van der Waals surface area contributed by atoms with Crippen LogP contribution in [0.5, 0.6) is 0 Å². The van der Waals surface area contributed by atoms with Gasteiger partial charge in [-0.25, -0.2) is 4.98 Å². The quantitative estimate of drug-likeness (QED) is 0.292. The lowest BCUT2D eigenvalue weighted by Crippen LogP contribution is -2.44. The Morgan fingerprint density at radius 2 is 1.81 bits per heavy atom. The number of aliphatic hydroxyl groups is 1. The van der Waals surface area contributed by atoms with Crippen LogP contribution in [0.2, 0.25) is 0 Å². The highest BCUT2D eigenvalue weighted by Gasteiger charge is 2.18. The molecule has 0 radical (unpaired) electrons. The van der Waals surface area contributed by atoms with Crippen molar-refractivity contribution in [2.45, 2.75) is 32.3 Å². The number of nitrogens with one attached hydrogen (secondary N) is 2. The van der Waals surface area contributed by atoms with Crippen molar-refractivity contribution in [3.8, 4) is 0 Å². The van der Waals surface area contributed by atoms with E-state index in [4.69, 9.17) is 5.73 Å². The Hall–Kier alpha value is -3.05. The van der Waals surface area contributed by atoms with Gasteiger partial charge in [-0.1, -0.05) is 36.0 Å². The molecule has 9 nitrogen and oxygen atoms in total. The van der Waals surface area contributed by atoms with Crippen LogP contribution in [0, 0.1) is 0 Å². The number of thiazole rings is 1. The van der Waals surface area contributed by atoms with E-state index >= 15 is 0 Å². The largest absolute Gasteiger partial charge is 0.392 e. The van der Waals surface area contributed by atoms with Crippen LogP contribution in [0.25, 0.3) is 10.8 Å². The van der Waals surface area contributed by atoms with E-state index in [1.807, 2.05) is 36.4 Å². The van der Waals surface area contributed by atoms with Gasteiger partial charge < -0.3 is 31.3 Å². The van der Waals surface area contributed by atoms with Crippen molar-refractivity contribution in [1.82, 2.24) is 14.8 Å². The molecule has 192 valence electrons. The van der Waals surface area contributed by atoms with Crippen LogP contribution < -0.4 is 16.4 Å². The van der Waals surface area contributed by atoms with Crippen molar-refractivity contribution >= 4 is 49.7 Å². The fraction of sp³-hybridized carbons (Fsp3) is 0.423. The van der Waals surface area contributed by atoms with Crippen molar-refractivity contribution < 1.29 is 14.7 Å². The molecule has 3 aromatic rings. The highest BCUT2D eigenvalue weighted by Crippen LogP contribution is 2.32. The van der Waals surface area contributed by atoms with Gasteiger partial charge in [0.1, 0.15) is 5.00 Å². The third-order valence-electron chi connectivity index (χ3n) is 6.43. The number of aliphatic hydroxyl groups excluding tert-OH is 1. The standard InChI is InChI=1S/C26H34N6O3S/c1-31-11-13-32(14-12-31)10-4-2-3-5-22(34)29-25-23(24(27)35)30-26(36-25)28-21-9-8-19-15-18(17-33)6-7-20(19)16-21/h6-9,15-16,33H,2-5,10-14,17H2,1H3,(H2,27,35)(H,28,30)(H,29,34). The molecule has 36 heavy (non-hydrogen) atoms. The summed E-state index contributed by atoms with van der Waals surface area (Å²) < 4.78 is 0. The minimum atomic E-state index is -0.683. The second-order valence-corrected chi connectivity index (χ2v) is 10.2. The van der Waals surface area contributed by atoms with Crippen molar-refractivity contribution in [1.29, 1.82) is 0 Å². The zero-order chi connectivity index (χ0) is 25.5. The lowest BCUT2D eigenvalue weighted by molar-refractivity contribution is -0.116. The van der Waals surface area contributed by atoms with Crippen molar-refractivity contribution in [2.24, 2.45) is 5.73 Å². The van der Waals surface area contributed by atoms with Crippen LogP contribution in [0.1, 0.15) is 41.7 Å². The van der Waals surface area contributed by atoms with Gasteiger partial charge in [-0.05, 0) is 61.0 Å². The maximum atomic E-state index is 12.5. The topological polar surface area (TPSA) is 124 Å². The van der Waals surface area contributed by atoms with E-state index < -0.39 is 5.91 Å². The first-order chi connectivity index (χ1) is 17.4. The van der Waals surface area contributed by atoms with Gasteiger partial charge in [-0.15, -0.1) is 0 Å². The zero-order valence-electron chi connectivity index (χ0n) is 20.6. The summed E-state index contributed by atoms with van der Waals surface area (Å²) in [6.45, 7) is 5.51. The van der Waals surface area contributed by atoms with Crippen molar-refractivity contribution in [2.75, 3.05) is 50.4 Å². The number of carbonyl (C=O) groups excluding carboxylic acids is 2. The molecule has 10 heteroatoms. The van der Waals surface area contributed by atoms with Crippen LogP contribution >= 0.6 is 11.3 Å². The molecule has 0 spiro atoms. The van der Waals surface area contributed by atoms with Crippen molar-refractivity contribution in [3.63, 3.8) is 0 Å². The Morgan fingerprint density at radius 3 is 2.56 bits per heavy atom. The van der Waals surface area contributed by atoms with Gasteiger partial charge in [-0.2, -0.15) is 0 Å². The van der Waals surface area contributed by atoms with E-state index in [1.54, 1.807) is 0 Å². The second-order valence-electron chi connectivity index (χ2n) is 9.24. The van der Waals surface area contributed by atoms with Crippen molar-refractivity contribution in [3.05, 3.63) is 47.7 Å². The van der Waals surface area contributed by atoms with Gasteiger partial charge in [0.25, 0.3) is 5.91 Å². The highest BCUT2D eigenvalue weighted by atomic mass is 32.1. The van der Waals surface area contributed by atoms with Gasteiger partial charge in [-0.3, -0.25) is 9.59 Å². The molecule has 5 N–H and O–H groups in total. The number of benzene rings is 2. The number of nitrogens with two attached hydrogens (primary N) is 1. The van der Waals surface area contributed by atoms with Gasteiger partial charge in [0.05, 0.1) is 6.61 Å². The molecule has 1 saturated heterocycles. The maximum absolute atomic E-state index is 12.5. The van der Waals surface area contributed by atoms with Gasteiger partial charge >= 0.3 is 0 Å². The molecule has 0 bridgehead atoms. The summed E-state index contributed by atoms with van der Waals surface area (Å²) >= 11 is 1.19. The SMILES string of the molecule is CN1CCN(CCCCCC(=O)Nc2sc(Nc3ccc4cc(CO)ccc4c3)nc2C(N)=O)CC1. The number of anilines is 3. The third kappa shape index (κ3) is 7.01. The molecule has 1 aromatic heterocycles. The highest BCUT2D eigenvalue weighted by molar-refractivity contribution is 7.20. The molecule has 2 aromatic carbocycles. The number of primary amides is 1. The number of carbonyl (C=O) groups is 2. The average Bonchev–Trinajstić information content (AvgIpc) is 3.26. The van der Waals surface area contributed by atoms with Crippen LogP contribution in [0.4, 0.5) is 15.8 Å². The van der Waals surface area contributed by atoms with E-state index in [9.17, 15) is 14.7 Å². The Balaban J connectivity index is 1.29. The summed E-state index contributed by atoms with van der Waals surface area (Å²) in [6.07, 6.45) is 3.25. The molecule has 0 atom stereocenters. The number of hydrogen-bond acceptors (Lipinski definition) is 8. The minimum absolute atomic E-state index is 0.00391. The van der Waals surface area contributed by atoms with Crippen LogP contribution in [0.3, 0.4) is 0 Å². The summed E-state index contributed by atoms with van der Waals surface area (Å²) in [5.74, 6) is -0.825. The van der Waals surface area contributed by atoms with E-state index in [2.05, 4.69) is 32.5 Å². The Bertz CT molecular complexity index is 1210. The lowest BCUT2D eigenvalue weighted by atomic mass is 10.1. The first-order valence-electron chi connectivity index (χ1n) is 12.3. The first kappa shape index (κ1) is 26.0. The predicted octanol–water partition coefficient (Wildman–Crippen LogP) is 3.38. The summed E-state index contributed by atoms with van der Waals surface area (Å²) in [6, 6.07) is 11.6. The Morgan fingerprint density at radius 1 is 1.06 bits per heavy atom. The van der Waals surface area contributed by atoms with Crippen LogP contribution in [-0.2, 0) is 11.4 Å². The van der Waals surface area contributed by atoms with Gasteiger partial charge in [0.2, 0.25) is 5.91 Å². The third-order valence-corrected chi connectivity index (χ3v) is 7.31. The summed E-state index contributed by atoms with van der Waals surface area (Å²) in [4.78, 5) is 33.6. The Labute approximate surface area is 215 Å². The van der Waals surface area contributed by atoms with Crippen LogP contribution in [0.15, 0.2) is 36.4 Å². The summed E-state index contributed by atoms with van der Waals surface area (Å²) in [5.41, 5.74) is 7.22. The first-order valence-corrected chi connectivity index (χ1v) is 13.1. The molecule has 2 heterocycles. The number of amides is 2. The predicted molar refractivity (Wildman–Crippen MR) is 145 cm³/mol. The number of fused-ring (bicyclic) bond motifs is 1. The number of rotatable bonds is 11.